The van der Waals surface area contributed by atoms with Gasteiger partial charge in [0.2, 0.25) is 5.91 Å². The highest BCUT2D eigenvalue weighted by Crippen LogP contribution is 2.40. The normalized spacial score (nSPS) is 15.3. The van der Waals surface area contributed by atoms with E-state index in [4.69, 9.17) is 4.98 Å². The summed E-state index contributed by atoms with van der Waals surface area (Å²) < 4.78 is 0. The monoisotopic (exact) mass is 418 g/mol. The molecule has 0 bridgehead atoms. The maximum Gasteiger partial charge on any atom is 0.224 e. The maximum atomic E-state index is 13.5. The van der Waals surface area contributed by atoms with Crippen LogP contribution in [0.4, 0.5) is 0 Å². The van der Waals surface area contributed by atoms with Gasteiger partial charge in [-0.05, 0) is 24.0 Å². The van der Waals surface area contributed by atoms with Gasteiger partial charge in [0.25, 0.3) is 0 Å². The van der Waals surface area contributed by atoms with E-state index in [-0.39, 0.29) is 17.2 Å². The van der Waals surface area contributed by atoms with Crippen LogP contribution in [0.15, 0.2) is 66.0 Å². The summed E-state index contributed by atoms with van der Waals surface area (Å²) in [5, 5.41) is 6.54. The van der Waals surface area contributed by atoms with Gasteiger partial charge in [0.1, 0.15) is 10.5 Å². The molecule has 1 aliphatic rings. The summed E-state index contributed by atoms with van der Waals surface area (Å²) in [7, 11) is 0. The molecule has 2 aromatic carbocycles. The van der Waals surface area contributed by atoms with Gasteiger partial charge in [0.05, 0.1) is 5.69 Å². The van der Waals surface area contributed by atoms with E-state index < -0.39 is 5.54 Å². The zero-order valence-electron chi connectivity index (χ0n) is 18.0. The molecule has 0 unspecified atom stereocenters. The number of carbonyl (C=O) groups excluding carboxylic acids is 1. The molecule has 4 heteroatoms. The van der Waals surface area contributed by atoms with Crippen molar-refractivity contribution in [3.63, 3.8) is 0 Å². The summed E-state index contributed by atoms with van der Waals surface area (Å²) in [6.45, 7) is 6.53. The summed E-state index contributed by atoms with van der Waals surface area (Å²) in [6.07, 6.45) is 4.20. The topological polar surface area (TPSA) is 42.0 Å². The summed E-state index contributed by atoms with van der Waals surface area (Å²) in [5.41, 5.74) is 2.28. The van der Waals surface area contributed by atoms with E-state index in [0.717, 1.165) is 47.5 Å². The highest BCUT2D eigenvalue weighted by molar-refractivity contribution is 7.10. The van der Waals surface area contributed by atoms with Crippen molar-refractivity contribution in [1.82, 2.24) is 10.3 Å². The fraction of sp³-hybridized carbons (Fsp3) is 0.385. The lowest BCUT2D eigenvalue weighted by molar-refractivity contribution is -0.126. The first kappa shape index (κ1) is 20.8. The van der Waals surface area contributed by atoms with Crippen LogP contribution in [0, 0.1) is 5.92 Å². The van der Waals surface area contributed by atoms with Crippen molar-refractivity contribution in [1.29, 1.82) is 0 Å². The molecule has 0 aliphatic heterocycles. The van der Waals surface area contributed by atoms with Crippen molar-refractivity contribution in [3.8, 4) is 0 Å². The second kappa shape index (κ2) is 8.35. The third-order valence-corrected chi connectivity index (χ3v) is 7.01. The molecule has 30 heavy (non-hydrogen) atoms. The summed E-state index contributed by atoms with van der Waals surface area (Å²) in [5.74, 6) is 0.214. The van der Waals surface area contributed by atoms with E-state index in [1.807, 2.05) is 36.4 Å². The average Bonchev–Trinajstić information content (AvgIpc) is 3.45. The minimum absolute atomic E-state index is 0.0523. The molecule has 0 atom stereocenters. The number of benzene rings is 2. The van der Waals surface area contributed by atoms with Gasteiger partial charge in [-0.15, -0.1) is 11.3 Å². The van der Waals surface area contributed by atoms with Crippen LogP contribution in [-0.4, -0.2) is 10.9 Å². The number of hydrogen-bond acceptors (Lipinski definition) is 3. The predicted molar refractivity (Wildman–Crippen MR) is 124 cm³/mol. The molecule has 3 aromatic rings. The van der Waals surface area contributed by atoms with Crippen molar-refractivity contribution in [2.45, 2.75) is 57.4 Å². The number of amides is 1. The predicted octanol–water partition coefficient (Wildman–Crippen LogP) is 6.04. The van der Waals surface area contributed by atoms with Crippen molar-refractivity contribution < 1.29 is 4.79 Å². The Morgan fingerprint density at radius 3 is 1.93 bits per heavy atom. The van der Waals surface area contributed by atoms with Gasteiger partial charge >= 0.3 is 0 Å². The Kier molecular flexibility index (Phi) is 5.79. The SMILES string of the molecule is CC(C)(C)c1csc(C(NC(=O)C2CCCC2)(c2ccccc2)c2ccccc2)n1. The third-order valence-electron chi connectivity index (χ3n) is 6.04. The van der Waals surface area contributed by atoms with E-state index in [0.29, 0.717) is 0 Å². The van der Waals surface area contributed by atoms with E-state index in [2.05, 4.69) is 55.7 Å². The molecule has 1 aliphatic carbocycles. The molecule has 156 valence electrons. The molecule has 1 aromatic heterocycles. The lowest BCUT2D eigenvalue weighted by Crippen LogP contribution is -2.49. The maximum absolute atomic E-state index is 13.5. The van der Waals surface area contributed by atoms with E-state index in [9.17, 15) is 4.79 Å². The van der Waals surface area contributed by atoms with Crippen molar-refractivity contribution in [3.05, 3.63) is 87.9 Å². The molecular formula is C26H30N2OS. The second-order valence-electron chi connectivity index (χ2n) is 9.24. The molecule has 1 heterocycles. The standard InChI is InChI=1S/C26H30N2OS/c1-25(2,3)22-18-30-24(27-22)26(20-14-6-4-7-15-20,21-16-8-5-9-17-21)28-23(29)19-12-10-11-13-19/h4-9,14-19H,10-13H2,1-3H3,(H,28,29). The van der Waals surface area contributed by atoms with Gasteiger partial charge in [-0.1, -0.05) is 94.3 Å². The minimum Gasteiger partial charge on any atom is -0.336 e. The highest BCUT2D eigenvalue weighted by atomic mass is 32.1. The van der Waals surface area contributed by atoms with Gasteiger partial charge in [-0.2, -0.15) is 0 Å². The Morgan fingerprint density at radius 2 is 1.47 bits per heavy atom. The number of rotatable bonds is 5. The summed E-state index contributed by atoms with van der Waals surface area (Å²) in [4.78, 5) is 18.5. The van der Waals surface area contributed by atoms with Crippen LogP contribution in [0.25, 0.3) is 0 Å². The van der Waals surface area contributed by atoms with Crippen LogP contribution in [0.1, 0.15) is 68.3 Å². The number of hydrogen-bond donors (Lipinski definition) is 1. The molecule has 1 amide bonds. The average molecular weight is 419 g/mol. The van der Waals surface area contributed by atoms with Crippen molar-refractivity contribution >= 4 is 17.2 Å². The smallest absolute Gasteiger partial charge is 0.224 e. The second-order valence-corrected chi connectivity index (χ2v) is 10.1. The zero-order valence-corrected chi connectivity index (χ0v) is 18.8. The quantitative estimate of drug-likeness (QED) is 0.549. The molecule has 4 rings (SSSR count). The van der Waals surface area contributed by atoms with Crippen LogP contribution in [-0.2, 0) is 15.7 Å². The Bertz CT molecular complexity index is 943. The lowest BCUT2D eigenvalue weighted by atomic mass is 9.82. The Hall–Kier alpha value is -2.46. The first-order valence-corrected chi connectivity index (χ1v) is 11.7. The molecule has 3 nitrogen and oxygen atoms in total. The minimum atomic E-state index is -0.795. The van der Waals surface area contributed by atoms with Crippen LogP contribution in [0.5, 0.6) is 0 Å². The Morgan fingerprint density at radius 1 is 0.933 bits per heavy atom. The van der Waals surface area contributed by atoms with E-state index >= 15 is 0 Å². The first-order valence-electron chi connectivity index (χ1n) is 10.8. The van der Waals surface area contributed by atoms with Crippen LogP contribution in [0.3, 0.4) is 0 Å². The van der Waals surface area contributed by atoms with E-state index in [1.54, 1.807) is 11.3 Å². The first-order chi connectivity index (χ1) is 14.4. The summed E-state index contributed by atoms with van der Waals surface area (Å²) >= 11 is 1.63. The van der Waals surface area contributed by atoms with Crippen LogP contribution >= 0.6 is 11.3 Å². The molecule has 0 radical (unpaired) electrons. The summed E-state index contributed by atoms with van der Waals surface area (Å²) in [6, 6.07) is 20.6. The van der Waals surface area contributed by atoms with Crippen LogP contribution in [0.2, 0.25) is 0 Å². The molecular weight excluding hydrogens is 388 g/mol. The fourth-order valence-corrected chi connectivity index (χ4v) is 5.50. The van der Waals surface area contributed by atoms with Gasteiger partial charge in [-0.3, -0.25) is 4.79 Å². The van der Waals surface area contributed by atoms with Crippen molar-refractivity contribution in [2.24, 2.45) is 5.92 Å². The highest BCUT2D eigenvalue weighted by Gasteiger charge is 2.42. The number of nitrogens with one attached hydrogen (secondary N) is 1. The Balaban J connectivity index is 1.91. The third kappa shape index (κ3) is 3.93. The van der Waals surface area contributed by atoms with Gasteiger partial charge in [-0.25, -0.2) is 4.98 Å². The zero-order chi connectivity index (χ0) is 21.2. The molecule has 1 saturated carbocycles. The Labute approximate surface area is 183 Å². The van der Waals surface area contributed by atoms with Gasteiger partial charge < -0.3 is 5.32 Å². The molecule has 0 saturated heterocycles. The van der Waals surface area contributed by atoms with Gasteiger partial charge in [0, 0.05) is 16.7 Å². The van der Waals surface area contributed by atoms with Gasteiger partial charge in [0.15, 0.2) is 0 Å². The number of nitrogens with zero attached hydrogens (tertiary/aromatic N) is 1. The molecule has 0 spiro atoms. The molecule has 1 N–H and O–H groups in total. The molecule has 1 fully saturated rings. The van der Waals surface area contributed by atoms with E-state index in [1.165, 1.54) is 0 Å². The number of thiazole rings is 1. The van der Waals surface area contributed by atoms with Crippen molar-refractivity contribution in [2.75, 3.05) is 0 Å². The van der Waals surface area contributed by atoms with Crippen LogP contribution < -0.4 is 5.32 Å². The largest absolute Gasteiger partial charge is 0.336 e. The number of carbonyl (C=O) groups is 1. The lowest BCUT2D eigenvalue weighted by Gasteiger charge is -2.35. The fourth-order valence-electron chi connectivity index (χ4n) is 4.25. The number of aromatic nitrogens is 1.